The third-order valence-electron chi connectivity index (χ3n) is 3.84. The van der Waals surface area contributed by atoms with Gasteiger partial charge >= 0.3 is 5.97 Å². The van der Waals surface area contributed by atoms with E-state index in [0.717, 1.165) is 6.42 Å². The molecule has 1 aromatic rings. The molecule has 2 atom stereocenters. The summed E-state index contributed by atoms with van der Waals surface area (Å²) >= 11 is 3.34. The summed E-state index contributed by atoms with van der Waals surface area (Å²) in [7, 11) is 0. The van der Waals surface area contributed by atoms with Crippen molar-refractivity contribution in [3.8, 4) is 11.5 Å². The fraction of sp³-hybridized carbons (Fsp3) is 0.429. The Labute approximate surface area is 129 Å². The van der Waals surface area contributed by atoms with Crippen LogP contribution in [0.4, 0.5) is 0 Å². The number of aliphatic carboxylic acids is 1. The Bertz CT molecular complexity index is 603. The van der Waals surface area contributed by atoms with E-state index in [0.29, 0.717) is 34.4 Å². The highest BCUT2D eigenvalue weighted by molar-refractivity contribution is 9.10. The molecule has 6 nitrogen and oxygen atoms in total. The normalized spacial score (nSPS) is 23.1. The summed E-state index contributed by atoms with van der Waals surface area (Å²) in [6.45, 7) is 0.128. The molecule has 112 valence electrons. The second kappa shape index (κ2) is 5.55. The van der Waals surface area contributed by atoms with Gasteiger partial charge in [-0.15, -0.1) is 0 Å². The minimum atomic E-state index is -0.857. The summed E-state index contributed by atoms with van der Waals surface area (Å²) in [5.74, 6) is -0.574. The van der Waals surface area contributed by atoms with Gasteiger partial charge in [-0.25, -0.2) is 0 Å². The van der Waals surface area contributed by atoms with Crippen LogP contribution in [-0.4, -0.2) is 29.8 Å². The molecule has 21 heavy (non-hydrogen) atoms. The zero-order chi connectivity index (χ0) is 15.0. The average Bonchev–Trinajstić information content (AvgIpc) is 3.06. The fourth-order valence-corrected chi connectivity index (χ4v) is 3.34. The van der Waals surface area contributed by atoms with Crippen LogP contribution < -0.4 is 14.8 Å². The molecule has 0 aromatic heterocycles. The van der Waals surface area contributed by atoms with Crippen LogP contribution in [0.25, 0.3) is 0 Å². The van der Waals surface area contributed by atoms with Gasteiger partial charge in [0.25, 0.3) is 5.91 Å². The van der Waals surface area contributed by atoms with Gasteiger partial charge in [-0.3, -0.25) is 9.59 Å². The molecule has 1 amide bonds. The van der Waals surface area contributed by atoms with Crippen molar-refractivity contribution in [2.24, 2.45) is 5.92 Å². The lowest BCUT2D eigenvalue weighted by Crippen LogP contribution is -2.40. The second-order valence-electron chi connectivity index (χ2n) is 5.15. The van der Waals surface area contributed by atoms with E-state index in [2.05, 4.69) is 21.2 Å². The molecule has 1 aliphatic carbocycles. The SMILES string of the molecule is O=C(N[C@H]1CCC[C@H]1C(=O)O)c1cc(Br)c2c(c1)OCO2. The number of hydrogen-bond acceptors (Lipinski definition) is 4. The minimum Gasteiger partial charge on any atom is -0.481 e. The molecule has 2 N–H and O–H groups in total. The van der Waals surface area contributed by atoms with Crippen molar-refractivity contribution in [2.75, 3.05) is 6.79 Å². The molecule has 0 unspecified atom stereocenters. The Morgan fingerprint density at radius 2 is 2.10 bits per heavy atom. The van der Waals surface area contributed by atoms with E-state index < -0.39 is 11.9 Å². The van der Waals surface area contributed by atoms with Crippen molar-refractivity contribution in [1.29, 1.82) is 0 Å². The van der Waals surface area contributed by atoms with E-state index in [-0.39, 0.29) is 18.7 Å². The van der Waals surface area contributed by atoms with Crippen molar-refractivity contribution in [3.63, 3.8) is 0 Å². The Hall–Kier alpha value is -1.76. The first-order chi connectivity index (χ1) is 10.1. The molecule has 0 saturated heterocycles. The van der Waals surface area contributed by atoms with E-state index in [1.807, 2.05) is 0 Å². The van der Waals surface area contributed by atoms with Crippen molar-refractivity contribution in [1.82, 2.24) is 5.32 Å². The maximum atomic E-state index is 12.3. The first-order valence-electron chi connectivity index (χ1n) is 6.69. The summed E-state index contributed by atoms with van der Waals surface area (Å²) in [4.78, 5) is 23.4. The maximum Gasteiger partial charge on any atom is 0.308 e. The van der Waals surface area contributed by atoms with E-state index >= 15 is 0 Å². The van der Waals surface area contributed by atoms with Crippen molar-refractivity contribution < 1.29 is 24.2 Å². The molecule has 1 heterocycles. The third-order valence-corrected chi connectivity index (χ3v) is 4.43. The van der Waals surface area contributed by atoms with Gasteiger partial charge in [-0.1, -0.05) is 6.42 Å². The number of hydrogen-bond donors (Lipinski definition) is 2. The van der Waals surface area contributed by atoms with Crippen LogP contribution in [0.1, 0.15) is 29.6 Å². The Balaban J connectivity index is 1.77. The van der Waals surface area contributed by atoms with Crippen LogP contribution in [0.3, 0.4) is 0 Å². The summed E-state index contributed by atoms with van der Waals surface area (Å²) in [5, 5.41) is 12.0. The van der Waals surface area contributed by atoms with Crippen LogP contribution in [0.15, 0.2) is 16.6 Å². The highest BCUT2D eigenvalue weighted by atomic mass is 79.9. The average molecular weight is 356 g/mol. The smallest absolute Gasteiger partial charge is 0.308 e. The van der Waals surface area contributed by atoms with Gasteiger partial charge in [0.15, 0.2) is 11.5 Å². The number of fused-ring (bicyclic) bond motifs is 1. The molecular weight excluding hydrogens is 342 g/mol. The molecule has 3 rings (SSSR count). The van der Waals surface area contributed by atoms with Gasteiger partial charge in [-0.2, -0.15) is 0 Å². The summed E-state index contributed by atoms with van der Waals surface area (Å²) in [5.41, 5.74) is 0.419. The number of amides is 1. The number of carbonyl (C=O) groups excluding carboxylic acids is 1. The van der Waals surface area contributed by atoms with Crippen LogP contribution in [0.5, 0.6) is 11.5 Å². The Morgan fingerprint density at radius 3 is 2.86 bits per heavy atom. The number of nitrogens with one attached hydrogen (secondary N) is 1. The topological polar surface area (TPSA) is 84.9 Å². The zero-order valence-corrected chi connectivity index (χ0v) is 12.7. The number of ether oxygens (including phenoxy) is 2. The van der Waals surface area contributed by atoms with Crippen LogP contribution in [0.2, 0.25) is 0 Å². The van der Waals surface area contributed by atoms with Gasteiger partial charge in [0, 0.05) is 11.6 Å². The maximum absolute atomic E-state index is 12.3. The lowest BCUT2D eigenvalue weighted by Gasteiger charge is -2.17. The highest BCUT2D eigenvalue weighted by Crippen LogP contribution is 2.40. The molecule has 1 aromatic carbocycles. The highest BCUT2D eigenvalue weighted by Gasteiger charge is 2.34. The van der Waals surface area contributed by atoms with E-state index in [1.165, 1.54) is 0 Å². The molecule has 1 fully saturated rings. The molecule has 7 heteroatoms. The number of benzene rings is 1. The molecule has 1 aliphatic heterocycles. The number of carbonyl (C=O) groups is 2. The van der Waals surface area contributed by atoms with Gasteiger partial charge in [0.2, 0.25) is 6.79 Å². The molecule has 1 saturated carbocycles. The van der Waals surface area contributed by atoms with Crippen molar-refractivity contribution in [3.05, 3.63) is 22.2 Å². The number of carboxylic acid groups (broad SMARTS) is 1. The van der Waals surface area contributed by atoms with Crippen molar-refractivity contribution >= 4 is 27.8 Å². The van der Waals surface area contributed by atoms with Crippen LogP contribution in [0, 0.1) is 5.92 Å². The van der Waals surface area contributed by atoms with E-state index in [4.69, 9.17) is 14.6 Å². The molecule has 0 radical (unpaired) electrons. The summed E-state index contributed by atoms with van der Waals surface area (Å²) in [6.07, 6.45) is 2.10. The zero-order valence-electron chi connectivity index (χ0n) is 11.1. The van der Waals surface area contributed by atoms with E-state index in [1.54, 1.807) is 12.1 Å². The largest absolute Gasteiger partial charge is 0.481 e. The van der Waals surface area contributed by atoms with Crippen molar-refractivity contribution in [2.45, 2.75) is 25.3 Å². The molecular formula is C14H14BrNO5. The Morgan fingerprint density at radius 1 is 1.29 bits per heavy atom. The van der Waals surface area contributed by atoms with Crippen LogP contribution in [-0.2, 0) is 4.79 Å². The quantitative estimate of drug-likeness (QED) is 0.867. The molecule has 2 aliphatic rings. The first-order valence-corrected chi connectivity index (χ1v) is 7.48. The second-order valence-corrected chi connectivity index (χ2v) is 6.00. The predicted molar refractivity (Wildman–Crippen MR) is 76.5 cm³/mol. The first kappa shape index (κ1) is 14.2. The van der Waals surface area contributed by atoms with Gasteiger partial charge in [-0.05, 0) is 40.9 Å². The predicted octanol–water partition coefficient (Wildman–Crippen LogP) is 2.16. The number of rotatable bonds is 3. The summed E-state index contributed by atoms with van der Waals surface area (Å²) < 4.78 is 11.2. The monoisotopic (exact) mass is 355 g/mol. The standard InChI is InChI=1S/C14H14BrNO5/c15-9-4-7(5-11-12(9)21-6-20-11)13(17)16-10-3-1-2-8(10)14(18)19/h4-5,8,10H,1-3,6H2,(H,16,17)(H,18,19)/t8-,10+/m1/s1. The fourth-order valence-electron chi connectivity index (χ4n) is 2.78. The lowest BCUT2D eigenvalue weighted by atomic mass is 10.0. The van der Waals surface area contributed by atoms with Gasteiger partial charge in [0.05, 0.1) is 10.4 Å². The lowest BCUT2D eigenvalue weighted by molar-refractivity contribution is -0.142. The number of halogens is 1. The molecule has 0 bridgehead atoms. The number of carboxylic acids is 1. The van der Waals surface area contributed by atoms with Gasteiger partial charge in [0.1, 0.15) is 0 Å². The third kappa shape index (κ3) is 2.70. The Kier molecular flexibility index (Phi) is 3.75. The van der Waals surface area contributed by atoms with Crippen LogP contribution >= 0.6 is 15.9 Å². The summed E-state index contributed by atoms with van der Waals surface area (Å²) in [6, 6.07) is 2.93. The minimum absolute atomic E-state index is 0.128. The van der Waals surface area contributed by atoms with E-state index in [9.17, 15) is 9.59 Å². The molecule has 0 spiro atoms. The van der Waals surface area contributed by atoms with Gasteiger partial charge < -0.3 is 19.9 Å².